The number of nitrogens with one attached hydrogen (secondary N) is 1. The minimum absolute atomic E-state index is 0. The number of hydrogen-bond donors (Lipinski definition) is 2. The second-order valence-corrected chi connectivity index (χ2v) is 4.02. The SMILES string of the molecule is CC(COC(=O)Cc1ccccc1)NC(=O)CN.Cl. The maximum atomic E-state index is 11.5. The van der Waals surface area contributed by atoms with Crippen molar-refractivity contribution in [3.05, 3.63) is 35.9 Å². The first-order valence-electron chi connectivity index (χ1n) is 5.80. The lowest BCUT2D eigenvalue weighted by atomic mass is 10.2. The van der Waals surface area contributed by atoms with Crippen LogP contribution in [0.3, 0.4) is 0 Å². The van der Waals surface area contributed by atoms with Crippen molar-refractivity contribution in [1.29, 1.82) is 0 Å². The monoisotopic (exact) mass is 286 g/mol. The Kier molecular flexibility index (Phi) is 8.57. The smallest absolute Gasteiger partial charge is 0.310 e. The number of rotatable bonds is 6. The van der Waals surface area contributed by atoms with E-state index in [4.69, 9.17) is 10.5 Å². The molecule has 0 radical (unpaired) electrons. The van der Waals surface area contributed by atoms with Gasteiger partial charge in [0.25, 0.3) is 0 Å². The Labute approximate surface area is 118 Å². The van der Waals surface area contributed by atoms with Crippen LogP contribution in [0.5, 0.6) is 0 Å². The van der Waals surface area contributed by atoms with Crippen molar-refractivity contribution in [3.8, 4) is 0 Å². The van der Waals surface area contributed by atoms with E-state index < -0.39 is 0 Å². The molecule has 0 spiro atoms. The highest BCUT2D eigenvalue weighted by molar-refractivity contribution is 5.85. The van der Waals surface area contributed by atoms with Crippen molar-refractivity contribution in [2.24, 2.45) is 5.73 Å². The molecule has 6 heteroatoms. The molecule has 3 N–H and O–H groups in total. The Morgan fingerprint density at radius 3 is 2.53 bits per heavy atom. The molecule has 106 valence electrons. The molecule has 0 aromatic heterocycles. The molecule has 0 bridgehead atoms. The summed E-state index contributed by atoms with van der Waals surface area (Å²) in [7, 11) is 0. The second kappa shape index (κ2) is 9.35. The van der Waals surface area contributed by atoms with Gasteiger partial charge in [0.05, 0.1) is 19.0 Å². The zero-order valence-corrected chi connectivity index (χ0v) is 11.6. The Bertz CT molecular complexity index is 398. The third kappa shape index (κ3) is 7.43. The summed E-state index contributed by atoms with van der Waals surface area (Å²) in [5.41, 5.74) is 6.06. The molecule has 0 heterocycles. The first-order chi connectivity index (χ1) is 8.61. The molecule has 0 aliphatic rings. The Hall–Kier alpha value is -1.59. The van der Waals surface area contributed by atoms with Crippen LogP contribution in [0.25, 0.3) is 0 Å². The van der Waals surface area contributed by atoms with E-state index in [2.05, 4.69) is 5.32 Å². The van der Waals surface area contributed by atoms with Crippen LogP contribution in [0.4, 0.5) is 0 Å². The molecule has 0 fully saturated rings. The number of carbonyl (C=O) groups excluding carboxylic acids is 2. The second-order valence-electron chi connectivity index (χ2n) is 4.02. The molecule has 0 aliphatic heterocycles. The van der Waals surface area contributed by atoms with E-state index in [1.807, 2.05) is 30.3 Å². The van der Waals surface area contributed by atoms with E-state index in [1.165, 1.54) is 0 Å². The van der Waals surface area contributed by atoms with E-state index in [-0.39, 0.29) is 49.9 Å². The van der Waals surface area contributed by atoms with Gasteiger partial charge >= 0.3 is 5.97 Å². The van der Waals surface area contributed by atoms with Crippen LogP contribution < -0.4 is 11.1 Å². The van der Waals surface area contributed by atoms with Gasteiger partial charge in [-0.2, -0.15) is 0 Å². The Balaban J connectivity index is 0.00000324. The highest BCUT2D eigenvalue weighted by Crippen LogP contribution is 2.01. The first kappa shape index (κ1) is 17.4. The quantitative estimate of drug-likeness (QED) is 0.753. The van der Waals surface area contributed by atoms with Crippen molar-refractivity contribution >= 4 is 24.3 Å². The molecular formula is C13H19ClN2O3. The zero-order valence-electron chi connectivity index (χ0n) is 10.8. The number of nitrogens with two attached hydrogens (primary N) is 1. The van der Waals surface area contributed by atoms with Crippen LogP contribution in [-0.4, -0.2) is 31.1 Å². The molecular weight excluding hydrogens is 268 g/mol. The standard InChI is InChI=1S/C13H18N2O3.ClH/c1-10(15-12(16)8-14)9-18-13(17)7-11-5-3-2-4-6-11;/h2-6,10H,7-9,14H2,1H3,(H,15,16);1H. The van der Waals surface area contributed by atoms with E-state index in [9.17, 15) is 9.59 Å². The molecule has 0 saturated carbocycles. The first-order valence-corrected chi connectivity index (χ1v) is 5.80. The fourth-order valence-electron chi connectivity index (χ4n) is 1.41. The summed E-state index contributed by atoms with van der Waals surface area (Å²) in [6, 6.07) is 9.11. The van der Waals surface area contributed by atoms with Gasteiger partial charge in [0.2, 0.25) is 5.91 Å². The number of ether oxygens (including phenoxy) is 1. The van der Waals surface area contributed by atoms with E-state index in [0.717, 1.165) is 5.56 Å². The number of benzene rings is 1. The van der Waals surface area contributed by atoms with Gasteiger partial charge in [-0.1, -0.05) is 30.3 Å². The average molecular weight is 287 g/mol. The molecule has 1 rings (SSSR count). The molecule has 5 nitrogen and oxygen atoms in total. The summed E-state index contributed by atoms with van der Waals surface area (Å²) in [4.78, 5) is 22.5. The summed E-state index contributed by atoms with van der Waals surface area (Å²) in [6.07, 6.45) is 0.235. The van der Waals surface area contributed by atoms with Gasteiger partial charge in [-0.05, 0) is 12.5 Å². The molecule has 1 unspecified atom stereocenters. The average Bonchev–Trinajstić information content (AvgIpc) is 2.37. The number of carbonyl (C=O) groups is 2. The highest BCUT2D eigenvalue weighted by Gasteiger charge is 2.09. The van der Waals surface area contributed by atoms with Crippen LogP contribution in [0, 0.1) is 0 Å². The van der Waals surface area contributed by atoms with Crippen molar-refractivity contribution in [2.75, 3.05) is 13.2 Å². The lowest BCUT2D eigenvalue weighted by molar-refractivity contribution is -0.144. The normalized spacial score (nSPS) is 11.1. The molecule has 0 aliphatic carbocycles. The molecule has 0 saturated heterocycles. The van der Waals surface area contributed by atoms with Crippen molar-refractivity contribution in [2.45, 2.75) is 19.4 Å². The lowest BCUT2D eigenvalue weighted by Crippen LogP contribution is -2.40. The highest BCUT2D eigenvalue weighted by atomic mass is 35.5. The molecule has 1 amide bonds. The minimum Gasteiger partial charge on any atom is -0.463 e. The predicted octanol–water partition coefficient (Wildman–Crippen LogP) is 0.657. The van der Waals surface area contributed by atoms with Gasteiger partial charge in [0.1, 0.15) is 6.61 Å². The Morgan fingerprint density at radius 1 is 1.32 bits per heavy atom. The molecule has 1 aromatic carbocycles. The maximum absolute atomic E-state index is 11.5. The molecule has 1 aromatic rings. The number of esters is 1. The van der Waals surface area contributed by atoms with Crippen LogP contribution in [-0.2, 0) is 20.7 Å². The zero-order chi connectivity index (χ0) is 13.4. The van der Waals surface area contributed by atoms with Crippen LogP contribution in [0.2, 0.25) is 0 Å². The van der Waals surface area contributed by atoms with E-state index in [1.54, 1.807) is 6.92 Å². The fraction of sp³-hybridized carbons (Fsp3) is 0.385. The largest absolute Gasteiger partial charge is 0.463 e. The molecule has 19 heavy (non-hydrogen) atoms. The summed E-state index contributed by atoms with van der Waals surface area (Å²) < 4.78 is 5.06. The van der Waals surface area contributed by atoms with Gasteiger partial charge in [-0.25, -0.2) is 0 Å². The summed E-state index contributed by atoms with van der Waals surface area (Å²) >= 11 is 0. The topological polar surface area (TPSA) is 81.4 Å². The van der Waals surface area contributed by atoms with Crippen molar-refractivity contribution in [3.63, 3.8) is 0 Å². The number of amides is 1. The fourth-order valence-corrected chi connectivity index (χ4v) is 1.41. The van der Waals surface area contributed by atoms with Crippen LogP contribution in [0.15, 0.2) is 30.3 Å². The third-order valence-electron chi connectivity index (χ3n) is 2.28. The lowest BCUT2D eigenvalue weighted by Gasteiger charge is -2.13. The van der Waals surface area contributed by atoms with Crippen LogP contribution in [0.1, 0.15) is 12.5 Å². The van der Waals surface area contributed by atoms with Gasteiger partial charge in [0.15, 0.2) is 0 Å². The summed E-state index contributed by atoms with van der Waals surface area (Å²) in [5.74, 6) is -0.573. The number of halogens is 1. The summed E-state index contributed by atoms with van der Waals surface area (Å²) in [5, 5.41) is 2.61. The van der Waals surface area contributed by atoms with Gasteiger partial charge in [-0.3, -0.25) is 9.59 Å². The number of hydrogen-bond acceptors (Lipinski definition) is 4. The van der Waals surface area contributed by atoms with E-state index >= 15 is 0 Å². The Morgan fingerprint density at radius 2 is 1.95 bits per heavy atom. The van der Waals surface area contributed by atoms with Gasteiger partial charge < -0.3 is 15.8 Å². The molecule has 1 atom stereocenters. The minimum atomic E-state index is -0.310. The van der Waals surface area contributed by atoms with Crippen molar-refractivity contribution in [1.82, 2.24) is 5.32 Å². The predicted molar refractivity (Wildman–Crippen MR) is 75.0 cm³/mol. The maximum Gasteiger partial charge on any atom is 0.310 e. The van der Waals surface area contributed by atoms with Gasteiger partial charge in [-0.15, -0.1) is 12.4 Å². The third-order valence-corrected chi connectivity index (χ3v) is 2.28. The van der Waals surface area contributed by atoms with Crippen LogP contribution >= 0.6 is 12.4 Å². The van der Waals surface area contributed by atoms with Crippen molar-refractivity contribution < 1.29 is 14.3 Å². The van der Waals surface area contributed by atoms with E-state index in [0.29, 0.717) is 0 Å². The summed E-state index contributed by atoms with van der Waals surface area (Å²) in [6.45, 7) is 1.84. The van der Waals surface area contributed by atoms with Gasteiger partial charge in [0, 0.05) is 0 Å².